The summed E-state index contributed by atoms with van der Waals surface area (Å²) >= 11 is 0. The van der Waals surface area contributed by atoms with E-state index in [0.717, 1.165) is 11.1 Å². The lowest BCUT2D eigenvalue weighted by Crippen LogP contribution is -2.51. The third-order valence-electron chi connectivity index (χ3n) is 6.12. The van der Waals surface area contributed by atoms with Crippen molar-refractivity contribution in [1.29, 1.82) is 0 Å². The number of fused-ring (bicyclic) bond motifs is 1. The highest BCUT2D eigenvalue weighted by Crippen LogP contribution is 2.41. The summed E-state index contributed by atoms with van der Waals surface area (Å²) in [6, 6.07) is 10.7. The molecular formula is C24H29N3O6S. The van der Waals surface area contributed by atoms with Crippen molar-refractivity contribution < 1.29 is 27.5 Å². The quantitative estimate of drug-likeness (QED) is 0.654. The molecule has 0 aromatic heterocycles. The van der Waals surface area contributed by atoms with E-state index in [2.05, 4.69) is 0 Å². The van der Waals surface area contributed by atoms with Crippen LogP contribution >= 0.6 is 0 Å². The summed E-state index contributed by atoms with van der Waals surface area (Å²) in [6.07, 6.45) is 0.0804. The molecule has 0 spiro atoms. The van der Waals surface area contributed by atoms with Crippen LogP contribution in [0.25, 0.3) is 11.1 Å². The molecule has 10 heteroatoms. The number of carbonyl (C=O) groups is 2. The van der Waals surface area contributed by atoms with E-state index < -0.39 is 16.1 Å². The van der Waals surface area contributed by atoms with Gasteiger partial charge in [0.1, 0.15) is 5.75 Å². The SMILES string of the molecule is CCOC(=O)N1CC(C)N(C(C)=O)c2ccc(-c3ccc(OC)c(N4CCCS4(=O)=O)c3)cc21. The van der Waals surface area contributed by atoms with Crippen molar-refractivity contribution >= 4 is 39.1 Å². The van der Waals surface area contributed by atoms with Gasteiger partial charge in [0.15, 0.2) is 0 Å². The van der Waals surface area contributed by atoms with E-state index in [1.165, 1.54) is 18.3 Å². The van der Waals surface area contributed by atoms with E-state index in [-0.39, 0.29) is 24.3 Å². The molecule has 0 radical (unpaired) electrons. The number of carbonyl (C=O) groups excluding carboxylic acids is 2. The Balaban J connectivity index is 1.83. The van der Waals surface area contributed by atoms with Crippen molar-refractivity contribution in [3.8, 4) is 16.9 Å². The van der Waals surface area contributed by atoms with Gasteiger partial charge in [-0.25, -0.2) is 13.2 Å². The van der Waals surface area contributed by atoms with Crippen LogP contribution in [-0.4, -0.2) is 59.0 Å². The first kappa shape index (κ1) is 23.9. The molecule has 2 aliphatic rings. The number of hydrogen-bond acceptors (Lipinski definition) is 6. The van der Waals surface area contributed by atoms with Gasteiger partial charge in [0, 0.05) is 20.0 Å². The molecule has 1 saturated heterocycles. The second kappa shape index (κ2) is 9.17. The minimum Gasteiger partial charge on any atom is -0.495 e. The number of rotatable bonds is 4. The lowest BCUT2D eigenvalue weighted by molar-refractivity contribution is -0.117. The molecule has 4 rings (SSSR count). The molecule has 0 aliphatic carbocycles. The molecule has 0 bridgehead atoms. The van der Waals surface area contributed by atoms with E-state index in [4.69, 9.17) is 9.47 Å². The monoisotopic (exact) mass is 487 g/mol. The number of sulfonamides is 1. The number of benzene rings is 2. The van der Waals surface area contributed by atoms with Crippen LogP contribution in [0.1, 0.15) is 27.2 Å². The van der Waals surface area contributed by atoms with Crippen LogP contribution in [0.15, 0.2) is 36.4 Å². The fourth-order valence-electron chi connectivity index (χ4n) is 4.63. The second-order valence-corrected chi connectivity index (χ2v) is 10.4. The first-order chi connectivity index (χ1) is 16.2. The van der Waals surface area contributed by atoms with E-state index in [0.29, 0.717) is 42.3 Å². The Morgan fingerprint density at radius 2 is 1.74 bits per heavy atom. The molecule has 9 nitrogen and oxygen atoms in total. The van der Waals surface area contributed by atoms with Gasteiger partial charge in [-0.15, -0.1) is 0 Å². The molecular weight excluding hydrogens is 458 g/mol. The van der Waals surface area contributed by atoms with E-state index >= 15 is 0 Å². The Kier molecular flexibility index (Phi) is 6.44. The molecule has 0 saturated carbocycles. The third-order valence-corrected chi connectivity index (χ3v) is 7.98. The number of methoxy groups -OCH3 is 1. The van der Waals surface area contributed by atoms with Crippen LogP contribution in [-0.2, 0) is 19.6 Å². The van der Waals surface area contributed by atoms with Gasteiger partial charge in [-0.05, 0) is 55.7 Å². The number of ether oxygens (including phenoxy) is 2. The number of nitrogens with zero attached hydrogens (tertiary/aromatic N) is 3. The van der Waals surface area contributed by atoms with E-state index in [9.17, 15) is 18.0 Å². The van der Waals surface area contributed by atoms with Gasteiger partial charge in [-0.3, -0.25) is 14.0 Å². The maximum atomic E-state index is 12.7. The Hall–Kier alpha value is -3.27. The highest BCUT2D eigenvalue weighted by molar-refractivity contribution is 7.93. The van der Waals surface area contributed by atoms with Gasteiger partial charge in [-0.1, -0.05) is 12.1 Å². The molecule has 2 aromatic carbocycles. The van der Waals surface area contributed by atoms with Crippen molar-refractivity contribution in [3.63, 3.8) is 0 Å². The van der Waals surface area contributed by atoms with E-state index in [1.54, 1.807) is 28.9 Å². The minimum atomic E-state index is -3.40. The van der Waals surface area contributed by atoms with Crippen LogP contribution in [0.5, 0.6) is 5.75 Å². The Morgan fingerprint density at radius 1 is 1.06 bits per heavy atom. The van der Waals surface area contributed by atoms with Crippen molar-refractivity contribution in [2.24, 2.45) is 0 Å². The maximum Gasteiger partial charge on any atom is 0.414 e. The average Bonchev–Trinajstić information content (AvgIpc) is 3.16. The van der Waals surface area contributed by atoms with Gasteiger partial charge < -0.3 is 14.4 Å². The van der Waals surface area contributed by atoms with Crippen molar-refractivity contribution in [2.45, 2.75) is 33.2 Å². The van der Waals surface area contributed by atoms with E-state index in [1.807, 2.05) is 31.2 Å². The summed E-state index contributed by atoms with van der Waals surface area (Å²) in [5.74, 6) is 0.458. The van der Waals surface area contributed by atoms with Gasteiger partial charge in [-0.2, -0.15) is 0 Å². The second-order valence-electron chi connectivity index (χ2n) is 8.38. The van der Waals surface area contributed by atoms with Crippen LogP contribution in [0, 0.1) is 0 Å². The van der Waals surface area contributed by atoms with Crippen molar-refractivity contribution in [2.75, 3.05) is 46.7 Å². The Labute approximate surface area is 199 Å². The number of anilines is 3. The molecule has 182 valence electrons. The van der Waals surface area contributed by atoms with Crippen LogP contribution in [0.2, 0.25) is 0 Å². The fourth-order valence-corrected chi connectivity index (χ4v) is 6.20. The van der Waals surface area contributed by atoms with Gasteiger partial charge in [0.2, 0.25) is 15.9 Å². The molecule has 0 N–H and O–H groups in total. The summed E-state index contributed by atoms with van der Waals surface area (Å²) < 4.78 is 37.2. The van der Waals surface area contributed by atoms with Crippen LogP contribution < -0.4 is 18.8 Å². The highest BCUT2D eigenvalue weighted by Gasteiger charge is 2.35. The molecule has 1 atom stereocenters. The fraction of sp³-hybridized carbons (Fsp3) is 0.417. The third kappa shape index (κ3) is 4.18. The Morgan fingerprint density at radius 3 is 2.32 bits per heavy atom. The number of amides is 2. The summed E-state index contributed by atoms with van der Waals surface area (Å²) in [5.41, 5.74) is 3.20. The smallest absolute Gasteiger partial charge is 0.414 e. The van der Waals surface area contributed by atoms with Gasteiger partial charge in [0.25, 0.3) is 0 Å². The maximum absolute atomic E-state index is 12.7. The zero-order valence-electron chi connectivity index (χ0n) is 19.8. The zero-order valence-corrected chi connectivity index (χ0v) is 20.6. The van der Waals surface area contributed by atoms with Crippen molar-refractivity contribution in [1.82, 2.24) is 0 Å². The first-order valence-corrected chi connectivity index (χ1v) is 12.9. The predicted molar refractivity (Wildman–Crippen MR) is 131 cm³/mol. The summed E-state index contributed by atoms with van der Waals surface area (Å²) in [5, 5.41) is 0. The zero-order chi connectivity index (χ0) is 24.6. The van der Waals surface area contributed by atoms with Gasteiger partial charge in [0.05, 0.1) is 42.6 Å². The normalized spacial score (nSPS) is 19.1. The molecule has 1 fully saturated rings. The first-order valence-electron chi connectivity index (χ1n) is 11.2. The average molecular weight is 488 g/mol. The molecule has 34 heavy (non-hydrogen) atoms. The van der Waals surface area contributed by atoms with Gasteiger partial charge >= 0.3 is 6.09 Å². The molecule has 2 heterocycles. The van der Waals surface area contributed by atoms with Crippen LogP contribution in [0.3, 0.4) is 0 Å². The number of hydrogen-bond donors (Lipinski definition) is 0. The summed E-state index contributed by atoms with van der Waals surface area (Å²) in [6.45, 7) is 6.07. The standard InChI is InChI=1S/C24H29N3O6S/c1-5-33-24(29)25-15-16(2)27(17(3)28)20-9-7-18(13-21(20)25)19-8-10-23(32-4)22(14-19)26-11-6-12-34(26,30)31/h7-10,13-14,16H,5-6,11-12,15H2,1-4H3. The van der Waals surface area contributed by atoms with Crippen LogP contribution in [0.4, 0.5) is 21.9 Å². The molecule has 1 unspecified atom stereocenters. The minimum absolute atomic E-state index is 0.104. The lowest BCUT2D eigenvalue weighted by Gasteiger charge is -2.40. The summed E-state index contributed by atoms with van der Waals surface area (Å²) in [4.78, 5) is 28.3. The topological polar surface area (TPSA) is 96.5 Å². The largest absolute Gasteiger partial charge is 0.495 e. The predicted octanol–water partition coefficient (Wildman–Crippen LogP) is 3.62. The molecule has 2 aliphatic heterocycles. The lowest BCUT2D eigenvalue weighted by atomic mass is 10.00. The van der Waals surface area contributed by atoms with Crippen molar-refractivity contribution in [3.05, 3.63) is 36.4 Å². The molecule has 2 aromatic rings. The molecule has 2 amide bonds. The Bertz CT molecular complexity index is 1230. The summed E-state index contributed by atoms with van der Waals surface area (Å²) in [7, 11) is -1.89. The highest BCUT2D eigenvalue weighted by atomic mass is 32.2.